The number of benzene rings is 1. The second-order valence-corrected chi connectivity index (χ2v) is 4.59. The Hall–Kier alpha value is -2.57. The molecule has 0 atom stereocenters. The number of carbonyl (C=O) groups is 1. The first-order chi connectivity index (χ1) is 9.47. The molecule has 1 heterocycles. The van der Waals surface area contributed by atoms with Gasteiger partial charge in [0.1, 0.15) is 0 Å². The predicted octanol–water partition coefficient (Wildman–Crippen LogP) is 1.27. The summed E-state index contributed by atoms with van der Waals surface area (Å²) in [5.41, 5.74) is 7.66. The van der Waals surface area contributed by atoms with E-state index >= 15 is 0 Å². The molecule has 0 spiro atoms. The molecule has 0 bridgehead atoms. The van der Waals surface area contributed by atoms with Crippen LogP contribution in [-0.4, -0.2) is 35.0 Å². The highest BCUT2D eigenvalue weighted by Gasteiger charge is 2.11. The summed E-state index contributed by atoms with van der Waals surface area (Å²) in [5.74, 6) is 0.958. The summed E-state index contributed by atoms with van der Waals surface area (Å²) in [7, 11) is 3.40. The monoisotopic (exact) mass is 275 g/mol. The molecule has 0 radical (unpaired) electrons. The van der Waals surface area contributed by atoms with Crippen molar-refractivity contribution in [2.75, 3.05) is 25.1 Å². The molecule has 0 saturated heterocycles. The fraction of sp³-hybridized carbons (Fsp3) is 0.308. The maximum Gasteiger partial charge on any atom is 0.253 e. The molecule has 106 valence electrons. The van der Waals surface area contributed by atoms with Crippen molar-refractivity contribution in [2.45, 2.75) is 13.5 Å². The number of nitrogens with zero attached hydrogens (tertiary/aromatic N) is 3. The largest absolute Gasteiger partial charge is 0.397 e. The van der Waals surface area contributed by atoms with Crippen molar-refractivity contribution >= 4 is 17.3 Å². The highest BCUT2D eigenvalue weighted by molar-refractivity contribution is 5.95. The minimum Gasteiger partial charge on any atom is -0.397 e. The normalized spacial score (nSPS) is 10.3. The average Bonchev–Trinajstić information content (AvgIpc) is 2.82. The zero-order valence-electron chi connectivity index (χ0n) is 11.7. The van der Waals surface area contributed by atoms with E-state index in [9.17, 15) is 4.79 Å². The second-order valence-electron chi connectivity index (χ2n) is 4.59. The van der Waals surface area contributed by atoms with E-state index in [2.05, 4.69) is 15.5 Å². The van der Waals surface area contributed by atoms with Gasteiger partial charge in [-0.3, -0.25) is 4.79 Å². The van der Waals surface area contributed by atoms with E-state index in [1.165, 1.54) is 4.90 Å². The lowest BCUT2D eigenvalue weighted by Gasteiger charge is -2.13. The Morgan fingerprint density at radius 3 is 2.80 bits per heavy atom. The molecule has 0 saturated carbocycles. The maximum absolute atomic E-state index is 11.9. The topological polar surface area (TPSA) is 97.3 Å². The standard InChI is InChI=1S/C13H17N5O2/c1-8-16-12(20-17-8)7-15-11-6-9(4-5-10(11)14)13(19)18(2)3/h4-6,15H,7,14H2,1-3H3. The van der Waals surface area contributed by atoms with E-state index in [1.54, 1.807) is 39.2 Å². The van der Waals surface area contributed by atoms with Crippen LogP contribution in [0.5, 0.6) is 0 Å². The molecular weight excluding hydrogens is 258 g/mol. The van der Waals surface area contributed by atoms with E-state index in [1.807, 2.05) is 0 Å². The van der Waals surface area contributed by atoms with Crippen molar-refractivity contribution in [3.8, 4) is 0 Å². The van der Waals surface area contributed by atoms with Crippen molar-refractivity contribution in [3.63, 3.8) is 0 Å². The van der Waals surface area contributed by atoms with Gasteiger partial charge in [-0.15, -0.1) is 0 Å². The van der Waals surface area contributed by atoms with Crippen molar-refractivity contribution in [1.29, 1.82) is 0 Å². The Morgan fingerprint density at radius 2 is 2.20 bits per heavy atom. The van der Waals surface area contributed by atoms with Crippen molar-refractivity contribution < 1.29 is 9.32 Å². The number of amides is 1. The lowest BCUT2D eigenvalue weighted by molar-refractivity contribution is 0.0827. The number of nitrogens with one attached hydrogen (secondary N) is 1. The molecule has 0 aliphatic rings. The SMILES string of the molecule is Cc1noc(CNc2cc(C(=O)N(C)C)ccc2N)n1. The maximum atomic E-state index is 11.9. The van der Waals surface area contributed by atoms with Crippen molar-refractivity contribution in [3.05, 3.63) is 35.5 Å². The Morgan fingerprint density at radius 1 is 1.45 bits per heavy atom. The Bertz CT molecular complexity index is 621. The first-order valence-electron chi connectivity index (χ1n) is 6.11. The minimum atomic E-state index is -0.0818. The van der Waals surface area contributed by atoms with E-state index in [0.717, 1.165) is 0 Å². The zero-order chi connectivity index (χ0) is 14.7. The molecule has 3 N–H and O–H groups in total. The van der Waals surface area contributed by atoms with E-state index < -0.39 is 0 Å². The van der Waals surface area contributed by atoms with Gasteiger partial charge in [0, 0.05) is 19.7 Å². The first-order valence-corrected chi connectivity index (χ1v) is 6.11. The molecule has 1 aromatic heterocycles. The van der Waals surface area contributed by atoms with Crippen LogP contribution >= 0.6 is 0 Å². The first kappa shape index (κ1) is 13.9. The van der Waals surface area contributed by atoms with Crippen LogP contribution in [0.4, 0.5) is 11.4 Å². The highest BCUT2D eigenvalue weighted by Crippen LogP contribution is 2.21. The number of carbonyl (C=O) groups excluding carboxylic acids is 1. The molecule has 2 aromatic rings. The smallest absolute Gasteiger partial charge is 0.253 e. The van der Waals surface area contributed by atoms with Crippen LogP contribution < -0.4 is 11.1 Å². The second kappa shape index (κ2) is 5.60. The Kier molecular flexibility index (Phi) is 3.88. The van der Waals surface area contributed by atoms with Crippen molar-refractivity contribution in [1.82, 2.24) is 15.0 Å². The number of aryl methyl sites for hydroxylation is 1. The van der Waals surface area contributed by atoms with Gasteiger partial charge < -0.3 is 20.5 Å². The van der Waals surface area contributed by atoms with Crippen LogP contribution in [0.25, 0.3) is 0 Å². The molecule has 2 rings (SSSR count). The summed E-state index contributed by atoms with van der Waals surface area (Å²) in [6.07, 6.45) is 0. The third kappa shape index (κ3) is 3.05. The lowest BCUT2D eigenvalue weighted by Crippen LogP contribution is -2.21. The van der Waals surface area contributed by atoms with Gasteiger partial charge in [-0.1, -0.05) is 5.16 Å². The number of hydrogen-bond acceptors (Lipinski definition) is 6. The van der Waals surface area contributed by atoms with Gasteiger partial charge in [0.15, 0.2) is 5.82 Å². The summed E-state index contributed by atoms with van der Waals surface area (Å²) in [6.45, 7) is 2.10. The average molecular weight is 275 g/mol. The number of nitrogens with two attached hydrogens (primary N) is 1. The van der Waals surface area contributed by atoms with Crippen LogP contribution in [0.1, 0.15) is 22.1 Å². The number of anilines is 2. The molecule has 7 heteroatoms. The Balaban J connectivity index is 2.14. The van der Waals surface area contributed by atoms with Crippen LogP contribution in [0, 0.1) is 6.92 Å². The highest BCUT2D eigenvalue weighted by atomic mass is 16.5. The molecule has 7 nitrogen and oxygen atoms in total. The van der Waals surface area contributed by atoms with E-state index in [0.29, 0.717) is 35.2 Å². The zero-order valence-corrected chi connectivity index (χ0v) is 11.7. The summed E-state index contributed by atoms with van der Waals surface area (Å²) in [5, 5.41) is 6.79. The number of hydrogen-bond donors (Lipinski definition) is 2. The molecule has 0 aliphatic heterocycles. The van der Waals surface area contributed by atoms with E-state index in [4.69, 9.17) is 10.3 Å². The van der Waals surface area contributed by atoms with Gasteiger partial charge in [0.2, 0.25) is 5.89 Å². The Labute approximate surface area is 116 Å². The third-order valence-corrected chi connectivity index (χ3v) is 2.71. The van der Waals surface area contributed by atoms with Gasteiger partial charge in [-0.05, 0) is 25.1 Å². The van der Waals surface area contributed by atoms with Gasteiger partial charge in [-0.25, -0.2) is 0 Å². The third-order valence-electron chi connectivity index (χ3n) is 2.71. The van der Waals surface area contributed by atoms with Gasteiger partial charge in [-0.2, -0.15) is 4.98 Å². The molecule has 1 aromatic carbocycles. The van der Waals surface area contributed by atoms with Crippen molar-refractivity contribution in [2.24, 2.45) is 0 Å². The summed E-state index contributed by atoms with van der Waals surface area (Å²) in [4.78, 5) is 17.5. The number of rotatable bonds is 4. The van der Waals surface area contributed by atoms with Crippen LogP contribution in [0.3, 0.4) is 0 Å². The summed E-state index contributed by atoms with van der Waals surface area (Å²) >= 11 is 0. The number of nitrogen functional groups attached to an aromatic ring is 1. The van der Waals surface area contributed by atoms with Crippen LogP contribution in [0.15, 0.2) is 22.7 Å². The molecule has 0 unspecified atom stereocenters. The molecule has 20 heavy (non-hydrogen) atoms. The van der Waals surface area contributed by atoms with Gasteiger partial charge in [0.25, 0.3) is 5.91 Å². The predicted molar refractivity (Wildman–Crippen MR) is 75.2 cm³/mol. The number of aromatic nitrogens is 2. The summed E-state index contributed by atoms with van der Waals surface area (Å²) < 4.78 is 5.00. The van der Waals surface area contributed by atoms with Gasteiger partial charge in [0.05, 0.1) is 17.9 Å². The fourth-order valence-electron chi connectivity index (χ4n) is 1.68. The summed E-state index contributed by atoms with van der Waals surface area (Å²) in [6, 6.07) is 5.10. The molecule has 0 fully saturated rings. The molecule has 1 amide bonds. The minimum absolute atomic E-state index is 0.0818. The van der Waals surface area contributed by atoms with Gasteiger partial charge >= 0.3 is 0 Å². The fourth-order valence-corrected chi connectivity index (χ4v) is 1.68. The molecular formula is C13H17N5O2. The van der Waals surface area contributed by atoms with E-state index in [-0.39, 0.29) is 5.91 Å². The van der Waals surface area contributed by atoms with Crippen LogP contribution in [0.2, 0.25) is 0 Å². The quantitative estimate of drug-likeness (QED) is 0.816. The molecule has 0 aliphatic carbocycles. The lowest BCUT2D eigenvalue weighted by atomic mass is 10.1. The van der Waals surface area contributed by atoms with Crippen LogP contribution in [-0.2, 0) is 6.54 Å².